The molecule has 1 unspecified atom stereocenters. The van der Waals surface area contributed by atoms with Crippen LogP contribution in [0.15, 0.2) is 11.6 Å². The number of allylic oxidation sites excluding steroid dienone is 1. The molecule has 2 rings (SSSR count). The fraction of sp³-hybridized carbons (Fsp3) is 0.857. The molecule has 88 valence electrons. The van der Waals surface area contributed by atoms with Crippen molar-refractivity contribution in [2.45, 2.75) is 76.3 Å². The minimum absolute atomic E-state index is 0.429. The topological polar surface area (TPSA) is 9.23 Å². The van der Waals surface area contributed by atoms with Gasteiger partial charge in [-0.15, -0.1) is 0 Å². The van der Waals surface area contributed by atoms with E-state index in [-0.39, 0.29) is 0 Å². The first kappa shape index (κ1) is 12.2. The van der Waals surface area contributed by atoms with E-state index in [0.717, 1.165) is 19.3 Å². The van der Waals surface area contributed by atoms with Gasteiger partial charge in [0.25, 0.3) is 0 Å². The van der Waals surface area contributed by atoms with Gasteiger partial charge >= 0.3 is 0 Å². The minimum atomic E-state index is 0.429. The van der Waals surface area contributed by atoms with E-state index in [0.29, 0.717) is 18.0 Å². The van der Waals surface area contributed by atoms with Crippen molar-refractivity contribution in [3.63, 3.8) is 0 Å². The Morgan fingerprint density at radius 3 is 2.50 bits per heavy atom. The molecule has 2 heteroatoms. The molecule has 0 saturated heterocycles. The standard InChI is InChI=1S/C14H23BO/c1-2-11-3-7-13(8-4-11)16-14-9-5-12(15)6-10-14/h3,12-14H,2,4-10H2,1H3. The molecule has 1 atom stereocenters. The summed E-state index contributed by atoms with van der Waals surface area (Å²) in [6, 6.07) is 0. The first-order chi connectivity index (χ1) is 7.78. The van der Waals surface area contributed by atoms with Crippen molar-refractivity contribution in [2.75, 3.05) is 0 Å². The molecular weight excluding hydrogens is 195 g/mol. The van der Waals surface area contributed by atoms with Crippen LogP contribution in [0.1, 0.15) is 58.3 Å². The summed E-state index contributed by atoms with van der Waals surface area (Å²) in [5.74, 6) is 0.429. The number of rotatable bonds is 3. The second-order valence-corrected chi connectivity index (χ2v) is 5.29. The van der Waals surface area contributed by atoms with Gasteiger partial charge in [-0.3, -0.25) is 0 Å². The molecule has 0 heterocycles. The van der Waals surface area contributed by atoms with Crippen LogP contribution in [0.25, 0.3) is 0 Å². The predicted octanol–water partition coefficient (Wildman–Crippen LogP) is 3.79. The molecular formula is C14H23BO. The molecule has 1 saturated carbocycles. The average Bonchev–Trinajstić information content (AvgIpc) is 2.33. The Hall–Kier alpha value is -0.235. The lowest BCUT2D eigenvalue weighted by Gasteiger charge is -2.31. The molecule has 0 aliphatic heterocycles. The maximum absolute atomic E-state index is 6.17. The SMILES string of the molecule is [B]C1CCC(OC2CC=C(CC)CC2)CC1. The van der Waals surface area contributed by atoms with E-state index >= 15 is 0 Å². The van der Waals surface area contributed by atoms with Crippen LogP contribution in [0.2, 0.25) is 5.82 Å². The maximum Gasteiger partial charge on any atom is 0.0699 e. The van der Waals surface area contributed by atoms with Crippen LogP contribution in [-0.2, 0) is 4.74 Å². The van der Waals surface area contributed by atoms with E-state index in [1.165, 1.54) is 32.1 Å². The van der Waals surface area contributed by atoms with E-state index < -0.39 is 0 Å². The smallest absolute Gasteiger partial charge is 0.0699 e. The van der Waals surface area contributed by atoms with Gasteiger partial charge in [0.15, 0.2) is 0 Å². The van der Waals surface area contributed by atoms with Crippen LogP contribution >= 0.6 is 0 Å². The van der Waals surface area contributed by atoms with Gasteiger partial charge in [0.2, 0.25) is 0 Å². The Balaban J connectivity index is 1.73. The number of ether oxygens (including phenoxy) is 1. The minimum Gasteiger partial charge on any atom is -0.375 e. The Labute approximate surface area is 101 Å². The predicted molar refractivity (Wildman–Crippen MR) is 68.9 cm³/mol. The molecule has 0 aromatic heterocycles. The van der Waals surface area contributed by atoms with Crippen molar-refractivity contribution in [1.29, 1.82) is 0 Å². The summed E-state index contributed by atoms with van der Waals surface area (Å²) in [4.78, 5) is 0. The first-order valence-electron chi connectivity index (χ1n) is 6.87. The molecule has 2 radical (unpaired) electrons. The molecule has 0 aromatic carbocycles. The second-order valence-electron chi connectivity index (χ2n) is 5.29. The van der Waals surface area contributed by atoms with E-state index in [4.69, 9.17) is 12.6 Å². The molecule has 2 aliphatic rings. The normalized spacial score (nSPS) is 35.8. The summed E-state index contributed by atoms with van der Waals surface area (Å²) in [7, 11) is 5.90. The molecule has 16 heavy (non-hydrogen) atoms. The third kappa shape index (κ3) is 3.38. The zero-order valence-corrected chi connectivity index (χ0v) is 10.5. The van der Waals surface area contributed by atoms with Crippen molar-refractivity contribution < 1.29 is 4.74 Å². The molecule has 1 nitrogen and oxygen atoms in total. The largest absolute Gasteiger partial charge is 0.375 e. The quantitative estimate of drug-likeness (QED) is 0.517. The molecule has 0 spiro atoms. The fourth-order valence-electron chi connectivity index (χ4n) is 2.81. The molecule has 0 bridgehead atoms. The van der Waals surface area contributed by atoms with Crippen molar-refractivity contribution in [1.82, 2.24) is 0 Å². The van der Waals surface area contributed by atoms with Gasteiger partial charge in [-0.25, -0.2) is 0 Å². The third-order valence-corrected chi connectivity index (χ3v) is 4.01. The maximum atomic E-state index is 6.17. The lowest BCUT2D eigenvalue weighted by atomic mass is 9.74. The van der Waals surface area contributed by atoms with Gasteiger partial charge in [0, 0.05) is 0 Å². The highest BCUT2D eigenvalue weighted by atomic mass is 16.5. The Morgan fingerprint density at radius 1 is 1.19 bits per heavy atom. The summed E-state index contributed by atoms with van der Waals surface area (Å²) in [5.41, 5.74) is 1.62. The van der Waals surface area contributed by atoms with E-state index in [1.807, 2.05) is 0 Å². The van der Waals surface area contributed by atoms with Gasteiger partial charge in [-0.1, -0.05) is 37.2 Å². The molecule has 0 aromatic rings. The lowest BCUT2D eigenvalue weighted by molar-refractivity contribution is -0.0334. The fourth-order valence-corrected chi connectivity index (χ4v) is 2.81. The van der Waals surface area contributed by atoms with Crippen LogP contribution in [0.4, 0.5) is 0 Å². The average molecular weight is 218 g/mol. The summed E-state index contributed by atoms with van der Waals surface area (Å²) in [5, 5.41) is 0. The highest BCUT2D eigenvalue weighted by molar-refractivity contribution is 6.11. The first-order valence-corrected chi connectivity index (χ1v) is 6.87. The monoisotopic (exact) mass is 218 g/mol. The molecule has 0 amide bonds. The summed E-state index contributed by atoms with van der Waals surface area (Å²) >= 11 is 0. The summed E-state index contributed by atoms with van der Waals surface area (Å²) in [6.45, 7) is 2.25. The molecule has 0 N–H and O–H groups in total. The van der Waals surface area contributed by atoms with Crippen LogP contribution in [0.5, 0.6) is 0 Å². The Morgan fingerprint density at radius 2 is 1.94 bits per heavy atom. The highest BCUT2D eigenvalue weighted by Gasteiger charge is 2.22. The molecule has 2 aliphatic carbocycles. The summed E-state index contributed by atoms with van der Waals surface area (Å²) in [6.07, 6.45) is 12.8. The van der Waals surface area contributed by atoms with E-state index in [9.17, 15) is 0 Å². The summed E-state index contributed by atoms with van der Waals surface area (Å²) < 4.78 is 6.17. The third-order valence-electron chi connectivity index (χ3n) is 4.01. The van der Waals surface area contributed by atoms with Crippen molar-refractivity contribution in [2.24, 2.45) is 0 Å². The van der Waals surface area contributed by atoms with Crippen molar-refractivity contribution in [3.05, 3.63) is 11.6 Å². The lowest BCUT2D eigenvalue weighted by Crippen LogP contribution is -2.26. The van der Waals surface area contributed by atoms with E-state index in [1.54, 1.807) is 5.57 Å². The molecule has 1 fully saturated rings. The van der Waals surface area contributed by atoms with E-state index in [2.05, 4.69) is 13.0 Å². The van der Waals surface area contributed by atoms with Crippen LogP contribution in [0.3, 0.4) is 0 Å². The Bertz CT molecular complexity index is 241. The van der Waals surface area contributed by atoms with Crippen LogP contribution < -0.4 is 0 Å². The van der Waals surface area contributed by atoms with Gasteiger partial charge < -0.3 is 4.74 Å². The second kappa shape index (κ2) is 5.91. The zero-order valence-electron chi connectivity index (χ0n) is 10.5. The highest BCUT2D eigenvalue weighted by Crippen LogP contribution is 2.31. The van der Waals surface area contributed by atoms with Gasteiger partial charge in [-0.2, -0.15) is 0 Å². The van der Waals surface area contributed by atoms with Crippen LogP contribution in [-0.4, -0.2) is 20.1 Å². The van der Waals surface area contributed by atoms with Crippen molar-refractivity contribution >= 4 is 7.85 Å². The van der Waals surface area contributed by atoms with Crippen molar-refractivity contribution in [3.8, 4) is 0 Å². The van der Waals surface area contributed by atoms with Gasteiger partial charge in [0.05, 0.1) is 20.1 Å². The zero-order chi connectivity index (χ0) is 11.4. The van der Waals surface area contributed by atoms with Gasteiger partial charge in [0.1, 0.15) is 0 Å². The number of hydrogen-bond donors (Lipinski definition) is 0. The van der Waals surface area contributed by atoms with Gasteiger partial charge in [-0.05, 0) is 38.5 Å². The Kier molecular flexibility index (Phi) is 4.51. The number of hydrogen-bond acceptors (Lipinski definition) is 1. The van der Waals surface area contributed by atoms with Crippen LogP contribution in [0, 0.1) is 0 Å².